The lowest BCUT2D eigenvalue weighted by molar-refractivity contribution is -0.120. The minimum absolute atomic E-state index is 0.0149. The van der Waals surface area contributed by atoms with Gasteiger partial charge in [-0.25, -0.2) is 0 Å². The molecule has 0 radical (unpaired) electrons. The highest BCUT2D eigenvalue weighted by molar-refractivity contribution is 5.94. The maximum atomic E-state index is 12.4. The van der Waals surface area contributed by atoms with Crippen molar-refractivity contribution < 1.29 is 9.59 Å². The minimum Gasteiger partial charge on any atom is -0.376 e. The van der Waals surface area contributed by atoms with E-state index in [0.29, 0.717) is 5.56 Å². The lowest BCUT2D eigenvalue weighted by Gasteiger charge is -2.26. The Balaban J connectivity index is 1.30. The monoisotopic (exact) mass is 377 g/mol. The summed E-state index contributed by atoms with van der Waals surface area (Å²) in [4.78, 5) is 26.7. The number of benzene rings is 2. The second-order valence-electron chi connectivity index (χ2n) is 7.64. The van der Waals surface area contributed by atoms with Crippen molar-refractivity contribution in [2.45, 2.75) is 38.1 Å². The normalized spacial score (nSPS) is 18.4. The van der Waals surface area contributed by atoms with Gasteiger partial charge in [-0.15, -0.1) is 0 Å². The summed E-state index contributed by atoms with van der Waals surface area (Å²) in [7, 11) is 0. The molecule has 4 rings (SSSR count). The highest BCUT2D eigenvalue weighted by Crippen LogP contribution is 2.29. The molecule has 5 nitrogen and oxygen atoms in total. The molecule has 2 aliphatic rings. The molecule has 1 fully saturated rings. The highest BCUT2D eigenvalue weighted by Gasteiger charge is 2.21. The summed E-state index contributed by atoms with van der Waals surface area (Å²) in [6, 6.07) is 15.9. The van der Waals surface area contributed by atoms with Crippen LogP contribution in [0.25, 0.3) is 0 Å². The molecule has 146 valence electrons. The molecule has 1 heterocycles. The molecule has 0 saturated carbocycles. The fraction of sp³-hybridized carbons (Fsp3) is 0.391. The smallest absolute Gasteiger partial charge is 0.253 e. The maximum Gasteiger partial charge on any atom is 0.253 e. The van der Waals surface area contributed by atoms with E-state index in [1.165, 1.54) is 11.1 Å². The van der Waals surface area contributed by atoms with Crippen LogP contribution in [-0.4, -0.2) is 36.3 Å². The van der Waals surface area contributed by atoms with Gasteiger partial charge in [-0.05, 0) is 67.5 Å². The van der Waals surface area contributed by atoms with E-state index in [-0.39, 0.29) is 24.4 Å². The zero-order valence-electron chi connectivity index (χ0n) is 16.1. The molecule has 1 saturated heterocycles. The first kappa shape index (κ1) is 18.5. The largest absolute Gasteiger partial charge is 0.376 e. The van der Waals surface area contributed by atoms with E-state index in [4.69, 9.17) is 0 Å². The summed E-state index contributed by atoms with van der Waals surface area (Å²) in [6.07, 6.45) is 5.35. The quantitative estimate of drug-likeness (QED) is 0.838. The Morgan fingerprint density at radius 3 is 2.50 bits per heavy atom. The summed E-state index contributed by atoms with van der Waals surface area (Å²) in [5.41, 5.74) is 4.13. The molecule has 0 spiro atoms. The molecule has 1 aliphatic heterocycles. The molecule has 2 N–H and O–H groups in total. The number of carbonyl (C=O) groups is 2. The Hall–Kier alpha value is -2.82. The Labute approximate surface area is 166 Å². The number of hydrogen-bond donors (Lipinski definition) is 2. The van der Waals surface area contributed by atoms with Crippen molar-refractivity contribution in [3.8, 4) is 0 Å². The van der Waals surface area contributed by atoms with Crippen LogP contribution in [0.3, 0.4) is 0 Å². The molecule has 1 atom stereocenters. The van der Waals surface area contributed by atoms with Crippen molar-refractivity contribution in [1.82, 2.24) is 10.2 Å². The van der Waals surface area contributed by atoms with Gasteiger partial charge in [0.05, 0.1) is 12.6 Å². The predicted octanol–water partition coefficient (Wildman–Crippen LogP) is 3.53. The Kier molecular flexibility index (Phi) is 5.60. The van der Waals surface area contributed by atoms with E-state index in [2.05, 4.69) is 28.8 Å². The second-order valence-corrected chi connectivity index (χ2v) is 7.64. The van der Waals surface area contributed by atoms with Gasteiger partial charge >= 0.3 is 0 Å². The third-order valence-electron chi connectivity index (χ3n) is 5.68. The maximum absolute atomic E-state index is 12.4. The van der Waals surface area contributed by atoms with E-state index < -0.39 is 0 Å². The number of carbonyl (C=O) groups excluding carboxylic acids is 2. The number of likely N-dealkylation sites (tertiary alicyclic amines) is 1. The summed E-state index contributed by atoms with van der Waals surface area (Å²) >= 11 is 0. The minimum atomic E-state index is -0.0149. The van der Waals surface area contributed by atoms with Gasteiger partial charge in [-0.2, -0.15) is 0 Å². The van der Waals surface area contributed by atoms with Gasteiger partial charge in [0.15, 0.2) is 0 Å². The molecule has 2 aromatic rings. The van der Waals surface area contributed by atoms with Crippen molar-refractivity contribution in [2.75, 3.05) is 25.0 Å². The van der Waals surface area contributed by atoms with Crippen LogP contribution < -0.4 is 10.6 Å². The van der Waals surface area contributed by atoms with Crippen LogP contribution in [0.4, 0.5) is 5.69 Å². The van der Waals surface area contributed by atoms with Crippen molar-refractivity contribution in [3.63, 3.8) is 0 Å². The van der Waals surface area contributed by atoms with Gasteiger partial charge in [0.1, 0.15) is 0 Å². The zero-order chi connectivity index (χ0) is 19.3. The SMILES string of the molecule is O=C(CNc1ccc(C(=O)N2CCCC2)cc1)NC1CCCc2ccccc21. The van der Waals surface area contributed by atoms with Gasteiger partial charge in [0.2, 0.25) is 5.91 Å². The Morgan fingerprint density at radius 1 is 0.964 bits per heavy atom. The number of nitrogens with zero attached hydrogens (tertiary/aromatic N) is 1. The number of rotatable bonds is 5. The van der Waals surface area contributed by atoms with E-state index in [0.717, 1.165) is 50.9 Å². The summed E-state index contributed by atoms with van der Waals surface area (Å²) in [6.45, 7) is 1.92. The third-order valence-corrected chi connectivity index (χ3v) is 5.68. The van der Waals surface area contributed by atoms with Crippen LogP contribution in [0, 0.1) is 0 Å². The first-order chi connectivity index (χ1) is 13.7. The zero-order valence-corrected chi connectivity index (χ0v) is 16.1. The molecular formula is C23H27N3O2. The highest BCUT2D eigenvalue weighted by atomic mass is 16.2. The van der Waals surface area contributed by atoms with Gasteiger partial charge in [-0.3, -0.25) is 9.59 Å². The standard InChI is InChI=1S/C23H27N3O2/c27-22(25-21-9-5-7-17-6-1-2-8-20(17)21)16-24-19-12-10-18(11-13-19)23(28)26-14-3-4-15-26/h1-2,6,8,10-13,21,24H,3-5,7,9,14-16H2,(H,25,27). The average molecular weight is 377 g/mol. The molecule has 2 amide bonds. The van der Waals surface area contributed by atoms with Gasteiger partial charge in [0.25, 0.3) is 5.91 Å². The Bertz CT molecular complexity index is 841. The summed E-state index contributed by atoms with van der Waals surface area (Å²) in [5, 5.41) is 6.31. The van der Waals surface area contributed by atoms with E-state index in [1.54, 1.807) is 0 Å². The topological polar surface area (TPSA) is 61.4 Å². The average Bonchev–Trinajstić information content (AvgIpc) is 3.27. The van der Waals surface area contributed by atoms with Gasteiger partial charge in [0, 0.05) is 24.3 Å². The number of amides is 2. The van der Waals surface area contributed by atoms with Crippen molar-refractivity contribution in [2.24, 2.45) is 0 Å². The fourth-order valence-corrected chi connectivity index (χ4v) is 4.17. The third kappa shape index (κ3) is 4.19. The molecule has 1 aliphatic carbocycles. The van der Waals surface area contributed by atoms with Crippen LogP contribution in [0.1, 0.15) is 53.2 Å². The number of nitrogens with one attached hydrogen (secondary N) is 2. The lowest BCUT2D eigenvalue weighted by Crippen LogP contribution is -2.35. The van der Waals surface area contributed by atoms with Crippen molar-refractivity contribution in [1.29, 1.82) is 0 Å². The number of hydrogen-bond acceptors (Lipinski definition) is 3. The predicted molar refractivity (Wildman–Crippen MR) is 110 cm³/mol. The van der Waals surface area contributed by atoms with Crippen LogP contribution in [0.2, 0.25) is 0 Å². The van der Waals surface area contributed by atoms with E-state index in [9.17, 15) is 9.59 Å². The summed E-state index contributed by atoms with van der Waals surface area (Å²) < 4.78 is 0. The first-order valence-corrected chi connectivity index (χ1v) is 10.2. The molecule has 0 bridgehead atoms. The summed E-state index contributed by atoms with van der Waals surface area (Å²) in [5.74, 6) is 0.0803. The van der Waals surface area contributed by atoms with Crippen LogP contribution in [0.5, 0.6) is 0 Å². The molecule has 5 heteroatoms. The fourth-order valence-electron chi connectivity index (χ4n) is 4.17. The first-order valence-electron chi connectivity index (χ1n) is 10.2. The Morgan fingerprint density at radius 2 is 1.71 bits per heavy atom. The number of anilines is 1. The van der Waals surface area contributed by atoms with Crippen LogP contribution in [0.15, 0.2) is 48.5 Å². The molecule has 2 aromatic carbocycles. The van der Waals surface area contributed by atoms with Crippen LogP contribution in [-0.2, 0) is 11.2 Å². The van der Waals surface area contributed by atoms with Crippen LogP contribution >= 0.6 is 0 Å². The number of aryl methyl sites for hydroxylation is 1. The van der Waals surface area contributed by atoms with Gasteiger partial charge < -0.3 is 15.5 Å². The molecule has 28 heavy (non-hydrogen) atoms. The molecular weight excluding hydrogens is 350 g/mol. The second kappa shape index (κ2) is 8.46. The van der Waals surface area contributed by atoms with Gasteiger partial charge in [-0.1, -0.05) is 24.3 Å². The van der Waals surface area contributed by atoms with E-state index in [1.807, 2.05) is 35.2 Å². The van der Waals surface area contributed by atoms with E-state index >= 15 is 0 Å². The number of fused-ring (bicyclic) bond motifs is 1. The van der Waals surface area contributed by atoms with Crippen molar-refractivity contribution in [3.05, 3.63) is 65.2 Å². The lowest BCUT2D eigenvalue weighted by atomic mass is 9.88. The molecule has 1 unspecified atom stereocenters. The molecule has 0 aromatic heterocycles. The van der Waals surface area contributed by atoms with Crippen molar-refractivity contribution >= 4 is 17.5 Å².